The molecule has 1 saturated heterocycles. The van der Waals surface area contributed by atoms with Crippen molar-refractivity contribution in [3.63, 3.8) is 0 Å². The smallest absolute Gasteiger partial charge is 0.254 e. The Morgan fingerprint density at radius 3 is 2.45 bits per heavy atom. The number of aromatic nitrogens is 4. The molecule has 2 aromatic heterocycles. The molecule has 0 spiro atoms. The number of amides is 1. The van der Waals surface area contributed by atoms with E-state index in [1.807, 2.05) is 0 Å². The van der Waals surface area contributed by atoms with Gasteiger partial charge in [0.15, 0.2) is 5.82 Å². The monoisotopic (exact) mass is 445 g/mol. The number of nitrogen functional groups attached to an aromatic ring is 1. The molecule has 1 aromatic carbocycles. The molecule has 2 aliphatic rings. The number of carbonyl (C=O) groups is 2. The van der Waals surface area contributed by atoms with E-state index in [9.17, 15) is 9.59 Å². The summed E-state index contributed by atoms with van der Waals surface area (Å²) in [5.74, 6) is 1.46. The molecule has 0 bridgehead atoms. The predicted molar refractivity (Wildman–Crippen MR) is 121 cm³/mol. The summed E-state index contributed by atoms with van der Waals surface area (Å²) in [5, 5.41) is 0. The lowest BCUT2D eigenvalue weighted by molar-refractivity contribution is 0.0731. The zero-order valence-corrected chi connectivity index (χ0v) is 18.0. The van der Waals surface area contributed by atoms with Gasteiger partial charge in [-0.2, -0.15) is 0 Å². The van der Waals surface area contributed by atoms with Crippen molar-refractivity contribution in [1.29, 1.82) is 0 Å². The molecule has 1 fully saturated rings. The molecular weight excluding hydrogens is 422 g/mol. The highest BCUT2D eigenvalue weighted by Crippen LogP contribution is 2.30. The van der Waals surface area contributed by atoms with Gasteiger partial charge in [0.05, 0.1) is 31.0 Å². The third kappa shape index (κ3) is 4.24. The largest absolute Gasteiger partial charge is 0.378 e. The normalized spacial score (nSPS) is 15.8. The third-order valence-electron chi connectivity index (χ3n) is 5.86. The molecule has 1 amide bonds. The van der Waals surface area contributed by atoms with Crippen LogP contribution in [0.15, 0.2) is 36.7 Å². The van der Waals surface area contributed by atoms with E-state index in [1.165, 1.54) is 0 Å². The number of nitrogens with zero attached hydrogens (tertiary/aromatic N) is 6. The Bertz CT molecular complexity index is 1180. The fourth-order valence-electron chi connectivity index (χ4n) is 4.09. The third-order valence-corrected chi connectivity index (χ3v) is 5.86. The lowest BCUT2D eigenvalue weighted by Gasteiger charge is -2.34. The number of anilines is 2. The van der Waals surface area contributed by atoms with Crippen LogP contribution in [0.5, 0.6) is 0 Å². The second-order valence-corrected chi connectivity index (χ2v) is 7.94. The molecule has 0 saturated carbocycles. The van der Waals surface area contributed by atoms with Crippen molar-refractivity contribution in [1.82, 2.24) is 24.8 Å². The molecule has 3 aromatic rings. The number of ether oxygens (including phenoxy) is 1. The molecule has 4 heterocycles. The maximum atomic E-state index is 13.1. The average Bonchev–Trinajstić information content (AvgIpc) is 2.88. The molecule has 10 nitrogen and oxygen atoms in total. The zero-order valence-electron chi connectivity index (χ0n) is 18.0. The number of rotatable bonds is 4. The summed E-state index contributed by atoms with van der Waals surface area (Å²) < 4.78 is 5.51. The van der Waals surface area contributed by atoms with Gasteiger partial charge in [-0.05, 0) is 18.6 Å². The summed E-state index contributed by atoms with van der Waals surface area (Å²) >= 11 is 0. The van der Waals surface area contributed by atoms with E-state index >= 15 is 0 Å². The van der Waals surface area contributed by atoms with Crippen LogP contribution >= 0.6 is 0 Å². The van der Waals surface area contributed by atoms with Gasteiger partial charge in [-0.3, -0.25) is 9.59 Å². The Morgan fingerprint density at radius 1 is 1.03 bits per heavy atom. The summed E-state index contributed by atoms with van der Waals surface area (Å²) in [7, 11) is 0. The number of fused-ring (bicyclic) bond motifs is 1. The van der Waals surface area contributed by atoms with Gasteiger partial charge in [0.25, 0.3) is 5.91 Å². The molecule has 2 aliphatic heterocycles. The van der Waals surface area contributed by atoms with Crippen molar-refractivity contribution in [2.24, 2.45) is 0 Å². The van der Waals surface area contributed by atoms with E-state index in [1.54, 1.807) is 41.6 Å². The molecule has 0 radical (unpaired) electrons. The summed E-state index contributed by atoms with van der Waals surface area (Å²) in [5.41, 5.74) is 9.24. The topological polar surface area (TPSA) is 127 Å². The van der Waals surface area contributed by atoms with Gasteiger partial charge in [-0.25, -0.2) is 19.9 Å². The Balaban J connectivity index is 1.50. The SMILES string of the molecule is Nc1ncc(-c2nc3c(c(N4CCOCC4)n2)CCN(C(=O)c2ccc(C=O)cc2)C3)cn1. The molecule has 33 heavy (non-hydrogen) atoms. The van der Waals surface area contributed by atoms with Crippen LogP contribution in [-0.2, 0) is 17.7 Å². The first-order valence-corrected chi connectivity index (χ1v) is 10.8. The predicted octanol–water partition coefficient (Wildman–Crippen LogP) is 1.36. The van der Waals surface area contributed by atoms with Crippen LogP contribution in [0.25, 0.3) is 11.4 Å². The molecule has 0 atom stereocenters. The van der Waals surface area contributed by atoms with Crippen molar-refractivity contribution in [3.8, 4) is 11.4 Å². The first kappa shape index (κ1) is 21.0. The second-order valence-electron chi connectivity index (χ2n) is 7.94. The van der Waals surface area contributed by atoms with Crippen LogP contribution in [0.1, 0.15) is 32.0 Å². The van der Waals surface area contributed by atoms with Crippen LogP contribution < -0.4 is 10.6 Å². The molecule has 2 N–H and O–H groups in total. The zero-order chi connectivity index (χ0) is 22.8. The number of hydrogen-bond donors (Lipinski definition) is 1. The number of nitrogens with two attached hydrogens (primary N) is 1. The van der Waals surface area contributed by atoms with Gasteiger partial charge in [0, 0.05) is 48.7 Å². The second kappa shape index (κ2) is 8.91. The first-order chi connectivity index (χ1) is 16.1. The van der Waals surface area contributed by atoms with E-state index in [4.69, 9.17) is 20.4 Å². The highest BCUT2D eigenvalue weighted by Gasteiger charge is 2.29. The molecular formula is C23H23N7O3. The van der Waals surface area contributed by atoms with Crippen molar-refractivity contribution >= 4 is 24.0 Å². The Morgan fingerprint density at radius 2 is 1.76 bits per heavy atom. The van der Waals surface area contributed by atoms with Gasteiger partial charge in [0.2, 0.25) is 5.95 Å². The lowest BCUT2D eigenvalue weighted by Crippen LogP contribution is -2.41. The van der Waals surface area contributed by atoms with Crippen LogP contribution in [0, 0.1) is 0 Å². The summed E-state index contributed by atoms with van der Waals surface area (Å²) in [6, 6.07) is 6.65. The minimum atomic E-state index is -0.0954. The van der Waals surface area contributed by atoms with E-state index < -0.39 is 0 Å². The Labute approximate surface area is 190 Å². The minimum Gasteiger partial charge on any atom is -0.378 e. The van der Waals surface area contributed by atoms with Crippen molar-refractivity contribution in [2.75, 3.05) is 43.5 Å². The van der Waals surface area contributed by atoms with E-state index in [2.05, 4.69) is 14.9 Å². The lowest BCUT2D eigenvalue weighted by atomic mass is 10.0. The maximum absolute atomic E-state index is 13.1. The fraction of sp³-hybridized carbons (Fsp3) is 0.304. The van der Waals surface area contributed by atoms with Crippen LogP contribution in [0.4, 0.5) is 11.8 Å². The number of hydrogen-bond acceptors (Lipinski definition) is 9. The molecule has 5 rings (SSSR count). The highest BCUT2D eigenvalue weighted by atomic mass is 16.5. The number of morpholine rings is 1. The Hall–Kier alpha value is -3.92. The van der Waals surface area contributed by atoms with Gasteiger partial charge in [-0.1, -0.05) is 12.1 Å². The number of benzene rings is 1. The van der Waals surface area contributed by atoms with Crippen molar-refractivity contribution in [2.45, 2.75) is 13.0 Å². The molecule has 0 aliphatic carbocycles. The van der Waals surface area contributed by atoms with E-state index in [0.717, 1.165) is 36.5 Å². The summed E-state index contributed by atoms with van der Waals surface area (Å²) in [6.45, 7) is 3.69. The fourth-order valence-corrected chi connectivity index (χ4v) is 4.09. The molecule has 168 valence electrons. The van der Waals surface area contributed by atoms with Crippen molar-refractivity contribution < 1.29 is 14.3 Å². The van der Waals surface area contributed by atoms with Crippen LogP contribution in [0.3, 0.4) is 0 Å². The standard InChI is InChI=1S/C23H23N7O3/c24-23-25-11-17(12-26-23)20-27-19-13-30(22(32)16-3-1-15(14-31)2-4-16)6-5-18(19)21(28-20)29-7-9-33-10-8-29/h1-4,11-12,14H,5-10,13H2,(H2,24,25,26). The van der Waals surface area contributed by atoms with Gasteiger partial charge < -0.3 is 20.3 Å². The average molecular weight is 445 g/mol. The molecule has 0 unspecified atom stereocenters. The van der Waals surface area contributed by atoms with Gasteiger partial charge in [0.1, 0.15) is 12.1 Å². The Kier molecular flexibility index (Phi) is 5.66. The minimum absolute atomic E-state index is 0.0954. The van der Waals surface area contributed by atoms with E-state index in [0.29, 0.717) is 55.2 Å². The number of aldehydes is 1. The van der Waals surface area contributed by atoms with Crippen LogP contribution in [-0.4, -0.2) is 69.9 Å². The maximum Gasteiger partial charge on any atom is 0.254 e. The highest BCUT2D eigenvalue weighted by molar-refractivity contribution is 5.95. The van der Waals surface area contributed by atoms with Crippen LogP contribution in [0.2, 0.25) is 0 Å². The van der Waals surface area contributed by atoms with Gasteiger partial charge >= 0.3 is 0 Å². The quantitative estimate of drug-likeness (QED) is 0.592. The first-order valence-electron chi connectivity index (χ1n) is 10.8. The summed E-state index contributed by atoms with van der Waals surface area (Å²) in [6.07, 6.45) is 4.62. The summed E-state index contributed by atoms with van der Waals surface area (Å²) in [4.78, 5) is 45.8. The number of carbonyl (C=O) groups excluding carboxylic acids is 2. The van der Waals surface area contributed by atoms with Crippen molar-refractivity contribution in [3.05, 3.63) is 59.0 Å². The molecule has 10 heteroatoms. The van der Waals surface area contributed by atoms with Gasteiger partial charge in [-0.15, -0.1) is 0 Å². The van der Waals surface area contributed by atoms with E-state index in [-0.39, 0.29) is 11.9 Å².